The monoisotopic (exact) mass is 1280 g/mol. The molecule has 3 fully saturated rings. The molecule has 0 spiro atoms. The zero-order valence-electron chi connectivity index (χ0n) is 46.4. The molecule has 3 aliphatic rings. The number of halogens is 4. The number of hydrogen-bond acceptors (Lipinski definition) is 12. The van der Waals surface area contributed by atoms with Crippen molar-refractivity contribution in [2.24, 2.45) is 50.7 Å². The number of hydrogen-bond donors (Lipinski definition) is 5. The number of aromatic nitrogens is 3. The van der Waals surface area contributed by atoms with Crippen LogP contribution in [-0.4, -0.2) is 115 Å². The van der Waals surface area contributed by atoms with Crippen molar-refractivity contribution in [3.63, 3.8) is 0 Å². The maximum absolute atomic E-state index is 13.3. The summed E-state index contributed by atoms with van der Waals surface area (Å²) in [6, 6.07) is 14.0. The van der Waals surface area contributed by atoms with Gasteiger partial charge in [0.1, 0.15) is 11.7 Å². The van der Waals surface area contributed by atoms with Gasteiger partial charge in [-0.15, -0.1) is 0 Å². The first-order chi connectivity index (χ1) is 39.4. The van der Waals surface area contributed by atoms with E-state index in [-0.39, 0.29) is 55.9 Å². The number of carboxylic acids is 1. The summed E-state index contributed by atoms with van der Waals surface area (Å²) in [5.41, 5.74) is 21.9. The minimum Gasteiger partial charge on any atom is -0.480 e. The molecule has 3 heterocycles. The highest BCUT2D eigenvalue weighted by Gasteiger charge is 2.32. The Balaban J connectivity index is 0.000000180. The molecule has 0 bridgehead atoms. The van der Waals surface area contributed by atoms with Crippen molar-refractivity contribution < 1.29 is 35.2 Å². The first-order valence-corrected chi connectivity index (χ1v) is 33.6. The largest absolute Gasteiger partial charge is 0.480 e. The maximum Gasteiger partial charge on any atom is 0.318 e. The molecule has 3 saturated carbocycles. The lowest BCUT2D eigenvalue weighted by atomic mass is 9.89. The Morgan fingerprint density at radius 2 is 0.807 bits per heavy atom. The molecule has 6 aromatic rings. The summed E-state index contributed by atoms with van der Waals surface area (Å²) < 4.78 is 83.6. The van der Waals surface area contributed by atoms with Crippen LogP contribution in [0.1, 0.15) is 110 Å². The highest BCUT2D eigenvalue weighted by molar-refractivity contribution is 7.89. The maximum atomic E-state index is 13.3. The Morgan fingerprint density at radius 3 is 1.14 bits per heavy atom. The second-order valence-corrected chi connectivity index (χ2v) is 28.5. The SMILES string of the molecule is CCN(CC1CCCCC1)S(=O)(=O)c1ccc2c(Cl)cnc(Cl)c2c1.CCN(CC1CCCCC1)S(=O)(=O)c1ccc2c(Cl)cnc(N=C(N)N)c2c1.NC(N)=Nc1ncc(Cl)c2ccc(S(=O)(=O)N(CC(=O)O)CC3CCCCC3)cc12. The summed E-state index contributed by atoms with van der Waals surface area (Å²) in [5, 5.41) is 14.0. The van der Waals surface area contributed by atoms with Gasteiger partial charge < -0.3 is 28.0 Å². The average molecular weight is 1280 g/mol. The van der Waals surface area contributed by atoms with Crippen molar-refractivity contribution in [3.8, 4) is 0 Å². The van der Waals surface area contributed by atoms with E-state index in [0.29, 0.717) is 85.4 Å². The predicted octanol–water partition coefficient (Wildman–Crippen LogP) is 11.0. The molecule has 27 heteroatoms. The molecule has 0 saturated heterocycles. The molecule has 0 aliphatic heterocycles. The number of sulfonamides is 3. The fraction of sp³-hybridized carbons (Fsp3) is 0.464. The number of fused-ring (bicyclic) bond motifs is 3. The van der Waals surface area contributed by atoms with Crippen molar-refractivity contribution in [1.82, 2.24) is 27.9 Å². The molecule has 83 heavy (non-hydrogen) atoms. The second-order valence-electron chi connectivity index (χ2n) is 21.1. The fourth-order valence-corrected chi connectivity index (χ4v) is 16.5. The van der Waals surface area contributed by atoms with Gasteiger partial charge in [-0.05, 0) is 92.7 Å². The topological polar surface area (TPSA) is 317 Å². The molecular weight excluding hydrogens is 1210 g/mol. The standard InChI is InChI=1S/C19H24ClN5O4S.C19H26ClN5O2S.C18H22Cl2N2O2S/c20-16-9-23-18(24-19(21)22)15-8-13(6-7-14(15)16)30(28,29)25(11-17(26)27)10-12-4-2-1-3-5-12;1-2-25(12-13-6-4-3-5-7-13)28(26,27)14-8-9-15-16(10-14)18(24-19(21)22)23-11-17(15)20;1-2-22(12-13-6-4-3-5-7-13)25(23,24)14-8-9-15-16(10-14)18(20)21-11-17(15)19/h6-9,12H,1-5,10-11H2,(H,26,27)(H4,21,22,23,24);8-11,13H,2-7,12H2,1H3,(H4,21,22,23,24);8-11,13H,2-7,12H2,1H3. The Hall–Kier alpha value is -5.21. The Labute approximate surface area is 506 Å². The van der Waals surface area contributed by atoms with E-state index in [1.165, 1.54) is 75.3 Å². The molecule has 3 aromatic carbocycles. The molecule has 0 radical (unpaired) electrons. The van der Waals surface area contributed by atoms with Crippen LogP contribution in [0.25, 0.3) is 32.3 Å². The summed E-state index contributed by atoms with van der Waals surface area (Å²) >= 11 is 24.7. The molecule has 3 aromatic heterocycles. The first-order valence-electron chi connectivity index (χ1n) is 27.8. The van der Waals surface area contributed by atoms with E-state index in [1.54, 1.807) is 45.0 Å². The van der Waals surface area contributed by atoms with Gasteiger partial charge in [-0.25, -0.2) is 40.2 Å². The van der Waals surface area contributed by atoms with Crippen LogP contribution < -0.4 is 22.9 Å². The minimum absolute atomic E-state index is 0.0665. The number of pyridine rings is 3. The minimum atomic E-state index is -4.07. The van der Waals surface area contributed by atoms with Crippen molar-refractivity contribution in [2.75, 3.05) is 39.3 Å². The van der Waals surface area contributed by atoms with E-state index in [0.717, 1.165) is 62.1 Å². The number of carboxylic acid groups (broad SMARTS) is 1. The highest BCUT2D eigenvalue weighted by atomic mass is 35.5. The van der Waals surface area contributed by atoms with E-state index in [9.17, 15) is 35.2 Å². The van der Waals surface area contributed by atoms with Crippen molar-refractivity contribution in [3.05, 3.63) is 93.4 Å². The Kier molecular flexibility index (Phi) is 23.0. The third-order valence-corrected chi connectivity index (χ3v) is 22.2. The van der Waals surface area contributed by atoms with Crippen LogP contribution in [-0.2, 0) is 34.9 Å². The van der Waals surface area contributed by atoms with E-state index < -0.39 is 42.6 Å². The average Bonchev–Trinajstić information content (AvgIpc) is 3.63. The van der Waals surface area contributed by atoms with Crippen LogP contribution in [0.5, 0.6) is 0 Å². The molecule has 0 atom stereocenters. The van der Waals surface area contributed by atoms with Gasteiger partial charge in [-0.2, -0.15) is 22.9 Å². The molecule has 450 valence electrons. The smallest absolute Gasteiger partial charge is 0.318 e. The molecule has 9 rings (SSSR count). The fourth-order valence-electron chi connectivity index (χ4n) is 11.0. The van der Waals surface area contributed by atoms with Crippen LogP contribution in [0.4, 0.5) is 11.6 Å². The third-order valence-electron chi connectivity index (χ3n) is 15.3. The van der Waals surface area contributed by atoms with Gasteiger partial charge in [0.05, 0.1) is 29.8 Å². The number of carbonyl (C=O) groups is 1. The van der Waals surface area contributed by atoms with Gasteiger partial charge >= 0.3 is 5.97 Å². The molecule has 0 amide bonds. The number of benzene rings is 3. The van der Waals surface area contributed by atoms with Crippen molar-refractivity contribution in [2.45, 2.75) is 125 Å². The van der Waals surface area contributed by atoms with Crippen LogP contribution in [0, 0.1) is 17.8 Å². The van der Waals surface area contributed by atoms with Crippen molar-refractivity contribution in [1.29, 1.82) is 0 Å². The summed E-state index contributed by atoms with van der Waals surface area (Å²) in [5.74, 6) is -0.222. The van der Waals surface area contributed by atoms with Gasteiger partial charge in [0.2, 0.25) is 30.1 Å². The van der Waals surface area contributed by atoms with E-state index in [4.69, 9.17) is 69.3 Å². The van der Waals surface area contributed by atoms with E-state index in [1.807, 2.05) is 13.8 Å². The number of guanidine groups is 2. The van der Waals surface area contributed by atoms with Crippen LogP contribution in [0.2, 0.25) is 20.2 Å². The lowest BCUT2D eigenvalue weighted by molar-refractivity contribution is -0.137. The van der Waals surface area contributed by atoms with Gasteiger partial charge in [-0.1, -0.05) is 136 Å². The summed E-state index contributed by atoms with van der Waals surface area (Å²) in [4.78, 5) is 31.9. The number of aliphatic carboxylic acids is 1. The summed E-state index contributed by atoms with van der Waals surface area (Å²) in [6.07, 6.45) is 20.8. The summed E-state index contributed by atoms with van der Waals surface area (Å²) in [7, 11) is -11.3. The number of nitrogens with zero attached hydrogens (tertiary/aromatic N) is 8. The molecule has 20 nitrogen and oxygen atoms in total. The van der Waals surface area contributed by atoms with Crippen LogP contribution in [0.15, 0.2) is 97.9 Å². The first kappa shape index (κ1) is 65.3. The molecule has 0 unspecified atom stereocenters. The molecule has 9 N–H and O–H groups in total. The Bertz CT molecular complexity index is 3690. The lowest BCUT2D eigenvalue weighted by Crippen LogP contribution is -2.39. The zero-order chi connectivity index (χ0) is 60.2. The van der Waals surface area contributed by atoms with E-state index >= 15 is 0 Å². The number of aliphatic imine (C=N–C) groups is 2. The third kappa shape index (κ3) is 16.6. The quantitative estimate of drug-likeness (QED) is 0.0303. The highest BCUT2D eigenvalue weighted by Crippen LogP contribution is 2.37. The van der Waals surface area contributed by atoms with Crippen LogP contribution in [0.3, 0.4) is 0 Å². The second kappa shape index (κ2) is 29.3. The van der Waals surface area contributed by atoms with Gasteiger partial charge in [0.25, 0.3) is 0 Å². The summed E-state index contributed by atoms with van der Waals surface area (Å²) in [6.45, 7) is 5.32. The number of nitrogens with two attached hydrogens (primary N) is 4. The molecule has 3 aliphatic carbocycles. The number of rotatable bonds is 18. The Morgan fingerprint density at radius 1 is 0.494 bits per heavy atom. The van der Waals surface area contributed by atoms with Gasteiger partial charge in [-0.3, -0.25) is 4.79 Å². The normalized spacial score (nSPS) is 15.9. The lowest BCUT2D eigenvalue weighted by Gasteiger charge is -2.28. The predicted molar refractivity (Wildman–Crippen MR) is 331 cm³/mol. The van der Waals surface area contributed by atoms with Gasteiger partial charge in [0.15, 0.2) is 23.6 Å². The van der Waals surface area contributed by atoms with E-state index in [2.05, 4.69) is 24.9 Å². The van der Waals surface area contributed by atoms with Crippen molar-refractivity contribution >= 4 is 138 Å². The van der Waals surface area contributed by atoms with Gasteiger partial charge in [0, 0.05) is 83.6 Å². The molecular formula is C56H72Cl4N12O8S3. The zero-order valence-corrected chi connectivity index (χ0v) is 51.9. The van der Waals surface area contributed by atoms with Crippen LogP contribution >= 0.6 is 46.4 Å².